The van der Waals surface area contributed by atoms with Crippen molar-refractivity contribution in [1.82, 2.24) is 10.2 Å². The molecule has 1 fully saturated rings. The van der Waals surface area contributed by atoms with Crippen molar-refractivity contribution in [1.29, 1.82) is 0 Å². The zero-order valence-corrected chi connectivity index (χ0v) is 12.9. The molecule has 1 saturated heterocycles. The number of benzene rings is 1. The van der Waals surface area contributed by atoms with Crippen LogP contribution in [0.3, 0.4) is 0 Å². The van der Waals surface area contributed by atoms with Gasteiger partial charge in [0.05, 0.1) is 0 Å². The number of carbonyl (C=O) groups is 1. The van der Waals surface area contributed by atoms with Crippen LogP contribution >= 0.6 is 15.9 Å². The second-order valence-electron chi connectivity index (χ2n) is 5.02. The van der Waals surface area contributed by atoms with Crippen LogP contribution in [0.1, 0.15) is 35.7 Å². The summed E-state index contributed by atoms with van der Waals surface area (Å²) in [6.07, 6.45) is 2.11. The van der Waals surface area contributed by atoms with Crippen LogP contribution in [0.15, 0.2) is 24.3 Å². The van der Waals surface area contributed by atoms with E-state index in [2.05, 4.69) is 33.1 Å². The predicted molar refractivity (Wildman–Crippen MR) is 81.7 cm³/mol. The number of nitrogens with zero attached hydrogens (tertiary/aromatic N) is 1. The Morgan fingerprint density at radius 3 is 2.79 bits per heavy atom. The Bertz CT molecular complexity index is 428. The van der Waals surface area contributed by atoms with Crippen LogP contribution < -0.4 is 5.32 Å². The van der Waals surface area contributed by atoms with Gasteiger partial charge in [0.1, 0.15) is 0 Å². The van der Waals surface area contributed by atoms with E-state index in [1.807, 2.05) is 24.3 Å². The van der Waals surface area contributed by atoms with Gasteiger partial charge in [0.2, 0.25) is 0 Å². The molecule has 1 heterocycles. The zero-order valence-electron chi connectivity index (χ0n) is 11.4. The van der Waals surface area contributed by atoms with Gasteiger partial charge in [-0.25, -0.2) is 0 Å². The lowest BCUT2D eigenvalue weighted by Gasteiger charge is -2.31. The molecule has 0 radical (unpaired) electrons. The summed E-state index contributed by atoms with van der Waals surface area (Å²) in [7, 11) is 0. The zero-order chi connectivity index (χ0) is 13.7. The molecule has 0 saturated carbocycles. The number of carbonyl (C=O) groups excluding carboxylic acids is 1. The first-order valence-corrected chi connectivity index (χ1v) is 8.03. The lowest BCUT2D eigenvalue weighted by atomic mass is 10.0. The minimum Gasteiger partial charge on any atom is -0.349 e. The first kappa shape index (κ1) is 14.5. The number of amides is 1. The van der Waals surface area contributed by atoms with Crippen molar-refractivity contribution < 1.29 is 4.79 Å². The molecule has 0 spiro atoms. The number of piperidine rings is 1. The predicted octanol–water partition coefficient (Wildman–Crippen LogP) is 2.80. The van der Waals surface area contributed by atoms with Gasteiger partial charge in [-0.05, 0) is 37.1 Å². The molecular weight excluding hydrogens is 304 g/mol. The fourth-order valence-corrected chi connectivity index (χ4v) is 2.81. The van der Waals surface area contributed by atoms with Gasteiger partial charge < -0.3 is 10.2 Å². The molecule has 1 N–H and O–H groups in total. The summed E-state index contributed by atoms with van der Waals surface area (Å²) in [6, 6.07) is 8.10. The summed E-state index contributed by atoms with van der Waals surface area (Å²) in [4.78, 5) is 14.6. The van der Waals surface area contributed by atoms with Gasteiger partial charge in [0.15, 0.2) is 0 Å². The SMILES string of the molecule is CCN1CCC(NC(=O)c2cccc(CBr)c2)CC1. The summed E-state index contributed by atoms with van der Waals surface area (Å²) in [5.41, 5.74) is 1.89. The number of hydrogen-bond donors (Lipinski definition) is 1. The van der Waals surface area contributed by atoms with Crippen molar-refractivity contribution in [2.75, 3.05) is 19.6 Å². The molecule has 1 aromatic carbocycles. The lowest BCUT2D eigenvalue weighted by Crippen LogP contribution is -2.44. The average molecular weight is 325 g/mol. The van der Waals surface area contributed by atoms with Gasteiger partial charge in [0.25, 0.3) is 5.91 Å². The molecule has 0 aromatic heterocycles. The lowest BCUT2D eigenvalue weighted by molar-refractivity contribution is 0.0912. The number of alkyl halides is 1. The summed E-state index contributed by atoms with van der Waals surface area (Å²) < 4.78 is 0. The maximum Gasteiger partial charge on any atom is 0.251 e. The monoisotopic (exact) mass is 324 g/mol. The molecule has 1 aromatic rings. The second-order valence-corrected chi connectivity index (χ2v) is 5.58. The Morgan fingerprint density at radius 2 is 2.16 bits per heavy atom. The third-order valence-corrected chi connectivity index (χ3v) is 4.36. The molecule has 0 bridgehead atoms. The molecule has 104 valence electrons. The van der Waals surface area contributed by atoms with Crippen LogP contribution in [0.2, 0.25) is 0 Å². The molecular formula is C15H21BrN2O. The number of nitrogens with one attached hydrogen (secondary N) is 1. The van der Waals surface area contributed by atoms with E-state index in [0.29, 0.717) is 6.04 Å². The van der Waals surface area contributed by atoms with E-state index < -0.39 is 0 Å². The highest BCUT2D eigenvalue weighted by Crippen LogP contribution is 2.12. The first-order chi connectivity index (χ1) is 9.22. The minimum absolute atomic E-state index is 0.0535. The quantitative estimate of drug-likeness (QED) is 0.864. The molecule has 0 aliphatic carbocycles. The van der Waals surface area contributed by atoms with E-state index in [1.54, 1.807) is 0 Å². The van der Waals surface area contributed by atoms with E-state index in [4.69, 9.17) is 0 Å². The van der Waals surface area contributed by atoms with Gasteiger partial charge in [-0.15, -0.1) is 0 Å². The van der Waals surface area contributed by atoms with Gasteiger partial charge >= 0.3 is 0 Å². The number of hydrogen-bond acceptors (Lipinski definition) is 2. The van der Waals surface area contributed by atoms with Gasteiger partial charge in [-0.3, -0.25) is 4.79 Å². The molecule has 0 unspecified atom stereocenters. The van der Waals surface area contributed by atoms with E-state index in [0.717, 1.165) is 48.9 Å². The second kappa shape index (κ2) is 7.06. The van der Waals surface area contributed by atoms with Gasteiger partial charge in [0, 0.05) is 30.0 Å². The third-order valence-electron chi connectivity index (χ3n) is 3.71. The molecule has 19 heavy (non-hydrogen) atoms. The Labute approximate surface area is 123 Å². The van der Waals surface area contributed by atoms with Crippen molar-refractivity contribution in [3.63, 3.8) is 0 Å². The standard InChI is InChI=1S/C15H21BrN2O/c1-2-18-8-6-14(7-9-18)17-15(19)13-5-3-4-12(10-13)11-16/h3-5,10,14H,2,6-9,11H2,1H3,(H,17,19). The van der Waals surface area contributed by atoms with E-state index in [9.17, 15) is 4.79 Å². The van der Waals surface area contributed by atoms with Crippen LogP contribution in [0.5, 0.6) is 0 Å². The first-order valence-electron chi connectivity index (χ1n) is 6.91. The largest absolute Gasteiger partial charge is 0.349 e. The molecule has 2 rings (SSSR count). The third kappa shape index (κ3) is 4.05. The van der Waals surface area contributed by atoms with Gasteiger partial charge in [-0.1, -0.05) is 35.0 Å². The molecule has 4 heteroatoms. The average Bonchev–Trinajstić information content (AvgIpc) is 2.48. The van der Waals surface area contributed by atoms with Crippen molar-refractivity contribution >= 4 is 21.8 Å². The smallest absolute Gasteiger partial charge is 0.251 e. The van der Waals surface area contributed by atoms with Crippen LogP contribution in [-0.4, -0.2) is 36.5 Å². The minimum atomic E-state index is 0.0535. The summed E-state index contributed by atoms with van der Waals surface area (Å²) in [5, 5.41) is 3.93. The highest BCUT2D eigenvalue weighted by Gasteiger charge is 2.20. The highest BCUT2D eigenvalue weighted by atomic mass is 79.9. The summed E-state index contributed by atoms with van der Waals surface area (Å²) in [5.74, 6) is 0.0535. The topological polar surface area (TPSA) is 32.3 Å². The Balaban J connectivity index is 1.90. The van der Waals surface area contributed by atoms with Crippen molar-refractivity contribution in [3.05, 3.63) is 35.4 Å². The van der Waals surface area contributed by atoms with Crippen molar-refractivity contribution in [2.45, 2.75) is 31.1 Å². The van der Waals surface area contributed by atoms with E-state index in [-0.39, 0.29) is 5.91 Å². The number of likely N-dealkylation sites (tertiary alicyclic amines) is 1. The maximum atomic E-state index is 12.2. The summed E-state index contributed by atoms with van der Waals surface area (Å²) in [6.45, 7) is 5.46. The van der Waals surface area contributed by atoms with E-state index >= 15 is 0 Å². The highest BCUT2D eigenvalue weighted by molar-refractivity contribution is 9.08. The van der Waals surface area contributed by atoms with Crippen LogP contribution in [0.25, 0.3) is 0 Å². The molecule has 0 atom stereocenters. The van der Waals surface area contributed by atoms with Crippen LogP contribution in [0.4, 0.5) is 0 Å². The Kier molecular flexibility index (Phi) is 5.40. The Hall–Kier alpha value is -0.870. The van der Waals surface area contributed by atoms with Gasteiger partial charge in [-0.2, -0.15) is 0 Å². The van der Waals surface area contributed by atoms with Crippen molar-refractivity contribution in [3.8, 4) is 0 Å². The van der Waals surface area contributed by atoms with Crippen molar-refractivity contribution in [2.24, 2.45) is 0 Å². The fraction of sp³-hybridized carbons (Fsp3) is 0.533. The molecule has 3 nitrogen and oxygen atoms in total. The summed E-state index contributed by atoms with van der Waals surface area (Å²) >= 11 is 3.42. The normalized spacial score (nSPS) is 17.4. The maximum absolute atomic E-state index is 12.2. The van der Waals surface area contributed by atoms with E-state index in [1.165, 1.54) is 0 Å². The Morgan fingerprint density at radius 1 is 1.42 bits per heavy atom. The number of halogens is 1. The van der Waals surface area contributed by atoms with Crippen LogP contribution in [-0.2, 0) is 5.33 Å². The molecule has 1 amide bonds. The number of rotatable bonds is 4. The molecule has 1 aliphatic rings. The van der Waals surface area contributed by atoms with Crippen LogP contribution in [0, 0.1) is 0 Å². The fourth-order valence-electron chi connectivity index (χ4n) is 2.46. The molecule has 1 aliphatic heterocycles.